The zero-order valence-electron chi connectivity index (χ0n) is 13.7. The van der Waals surface area contributed by atoms with E-state index in [0.29, 0.717) is 28.4 Å². The Labute approximate surface area is 144 Å². The topological polar surface area (TPSA) is 52.3 Å². The molecule has 0 atom stereocenters. The molecule has 0 saturated carbocycles. The Bertz CT molecular complexity index is 1120. The fourth-order valence-corrected chi connectivity index (χ4v) is 2.70. The molecule has 0 spiro atoms. The predicted octanol–water partition coefficient (Wildman–Crippen LogP) is 5.13. The smallest absolute Gasteiger partial charge is 0.338 e. The number of esters is 1. The number of rotatable bonds is 3. The molecule has 1 heterocycles. The molecule has 25 heavy (non-hydrogen) atoms. The van der Waals surface area contributed by atoms with Gasteiger partial charge in [0.2, 0.25) is 5.89 Å². The van der Waals surface area contributed by atoms with E-state index in [0.717, 1.165) is 16.3 Å². The number of hydrogen-bond donors (Lipinski definition) is 0. The lowest BCUT2D eigenvalue weighted by molar-refractivity contribution is -0.130. The van der Waals surface area contributed by atoms with E-state index in [1.807, 2.05) is 48.5 Å². The van der Waals surface area contributed by atoms with Gasteiger partial charge < -0.3 is 9.15 Å². The van der Waals surface area contributed by atoms with Crippen molar-refractivity contribution in [3.05, 3.63) is 72.8 Å². The van der Waals surface area contributed by atoms with Crippen LogP contribution < -0.4 is 4.74 Å². The molecule has 0 N–H and O–H groups in total. The summed E-state index contributed by atoms with van der Waals surface area (Å²) in [6.45, 7) is 5.22. The van der Waals surface area contributed by atoms with E-state index in [1.54, 1.807) is 19.1 Å². The summed E-state index contributed by atoms with van der Waals surface area (Å²) in [4.78, 5) is 16.5. The molecule has 0 aliphatic rings. The maximum Gasteiger partial charge on any atom is 0.338 e. The second-order valence-corrected chi connectivity index (χ2v) is 5.82. The average Bonchev–Trinajstić information content (AvgIpc) is 3.06. The van der Waals surface area contributed by atoms with E-state index in [4.69, 9.17) is 9.15 Å². The minimum absolute atomic E-state index is 0.332. The van der Waals surface area contributed by atoms with Crippen molar-refractivity contribution in [3.63, 3.8) is 0 Å². The number of nitrogens with zero attached hydrogens (tertiary/aromatic N) is 1. The zero-order chi connectivity index (χ0) is 17.4. The number of hydrogen-bond acceptors (Lipinski definition) is 4. The van der Waals surface area contributed by atoms with Crippen LogP contribution in [0.2, 0.25) is 0 Å². The van der Waals surface area contributed by atoms with E-state index >= 15 is 0 Å². The first-order valence-corrected chi connectivity index (χ1v) is 7.89. The van der Waals surface area contributed by atoms with E-state index in [-0.39, 0.29) is 0 Å². The van der Waals surface area contributed by atoms with Gasteiger partial charge in [0.1, 0.15) is 11.3 Å². The Kier molecular flexibility index (Phi) is 3.58. The molecule has 0 fully saturated rings. The van der Waals surface area contributed by atoms with Crippen molar-refractivity contribution < 1.29 is 13.9 Å². The van der Waals surface area contributed by atoms with E-state index in [2.05, 4.69) is 11.6 Å². The van der Waals surface area contributed by atoms with Gasteiger partial charge in [0.15, 0.2) is 5.58 Å². The largest absolute Gasteiger partial charge is 0.436 e. The molecule has 4 rings (SSSR count). The normalized spacial score (nSPS) is 10.9. The minimum Gasteiger partial charge on any atom is -0.436 e. The molecule has 4 heteroatoms. The van der Waals surface area contributed by atoms with Gasteiger partial charge in [-0.1, -0.05) is 49.0 Å². The molecule has 0 unspecified atom stereocenters. The fraction of sp³-hybridized carbons (Fsp3) is 0.0476. The average molecular weight is 329 g/mol. The van der Waals surface area contributed by atoms with Crippen LogP contribution in [0.3, 0.4) is 0 Å². The van der Waals surface area contributed by atoms with Gasteiger partial charge in [-0.25, -0.2) is 9.78 Å². The number of ether oxygens (including phenoxy) is 1. The summed E-state index contributed by atoms with van der Waals surface area (Å²) in [5.74, 6) is 0.330. The highest BCUT2D eigenvalue weighted by Crippen LogP contribution is 2.34. The van der Waals surface area contributed by atoms with Crippen molar-refractivity contribution in [3.8, 4) is 17.2 Å². The summed E-state index contributed by atoms with van der Waals surface area (Å²) in [7, 11) is 0. The molecule has 3 aromatic carbocycles. The van der Waals surface area contributed by atoms with Crippen molar-refractivity contribution in [1.82, 2.24) is 4.98 Å². The van der Waals surface area contributed by atoms with Crippen molar-refractivity contribution in [2.45, 2.75) is 6.92 Å². The van der Waals surface area contributed by atoms with Crippen molar-refractivity contribution >= 4 is 27.8 Å². The third-order valence-electron chi connectivity index (χ3n) is 3.95. The van der Waals surface area contributed by atoms with Crippen molar-refractivity contribution in [2.24, 2.45) is 0 Å². The molecule has 4 aromatic rings. The van der Waals surface area contributed by atoms with E-state index < -0.39 is 5.97 Å². The van der Waals surface area contributed by atoms with Gasteiger partial charge in [-0.05, 0) is 30.5 Å². The van der Waals surface area contributed by atoms with Crippen LogP contribution in [0.25, 0.3) is 33.3 Å². The molecular formula is C21H15NO3. The Morgan fingerprint density at radius 1 is 1.04 bits per heavy atom. The summed E-state index contributed by atoms with van der Waals surface area (Å²) in [6, 6.07) is 19.1. The van der Waals surface area contributed by atoms with Gasteiger partial charge in [-0.15, -0.1) is 0 Å². The lowest BCUT2D eigenvalue weighted by Gasteiger charge is -2.07. The highest BCUT2D eigenvalue weighted by atomic mass is 16.5. The molecule has 0 saturated heterocycles. The number of carbonyl (C=O) groups is 1. The number of oxazole rings is 1. The summed E-state index contributed by atoms with van der Waals surface area (Å²) in [5, 5.41) is 2.11. The van der Waals surface area contributed by atoms with Crippen LogP contribution in [0.5, 0.6) is 5.75 Å². The molecular weight excluding hydrogens is 314 g/mol. The number of benzene rings is 3. The monoisotopic (exact) mass is 329 g/mol. The molecule has 4 nitrogen and oxygen atoms in total. The number of fused-ring (bicyclic) bond motifs is 3. The Balaban J connectivity index is 1.86. The second kappa shape index (κ2) is 5.91. The SMILES string of the molecule is C=C(C)C(=O)Oc1ccccc1-c1nc2c(ccc3ccccc32)o1. The highest BCUT2D eigenvalue weighted by Gasteiger charge is 2.16. The van der Waals surface area contributed by atoms with Gasteiger partial charge >= 0.3 is 5.97 Å². The third-order valence-corrected chi connectivity index (χ3v) is 3.95. The maximum atomic E-state index is 11.9. The van der Waals surface area contributed by atoms with Gasteiger partial charge in [0, 0.05) is 11.0 Å². The zero-order valence-corrected chi connectivity index (χ0v) is 13.7. The van der Waals surface area contributed by atoms with Crippen LogP contribution in [0, 0.1) is 0 Å². The molecule has 0 bridgehead atoms. The first-order chi connectivity index (χ1) is 12.1. The number of para-hydroxylation sites is 1. The molecule has 0 radical (unpaired) electrons. The van der Waals surface area contributed by atoms with Crippen LogP contribution in [0.1, 0.15) is 6.92 Å². The third kappa shape index (κ3) is 2.68. The first-order valence-electron chi connectivity index (χ1n) is 7.89. The Hall–Kier alpha value is -3.40. The quantitative estimate of drug-likeness (QED) is 0.297. The van der Waals surface area contributed by atoms with E-state index in [9.17, 15) is 4.79 Å². The standard InChI is InChI=1S/C21H15NO3/c1-13(2)21(23)25-17-10-6-5-9-16(17)20-22-19-15-8-4-3-7-14(15)11-12-18(19)24-20/h3-12H,1H2,2H3. The molecule has 0 amide bonds. The molecule has 0 aliphatic carbocycles. The van der Waals surface area contributed by atoms with Crippen LogP contribution in [0.4, 0.5) is 0 Å². The van der Waals surface area contributed by atoms with E-state index in [1.165, 1.54) is 0 Å². The molecule has 122 valence electrons. The summed E-state index contributed by atoms with van der Waals surface area (Å²) < 4.78 is 11.3. The van der Waals surface area contributed by atoms with Gasteiger partial charge in [0.05, 0.1) is 5.56 Å². The van der Waals surface area contributed by atoms with Gasteiger partial charge in [0.25, 0.3) is 0 Å². The summed E-state index contributed by atoms with van der Waals surface area (Å²) in [5.41, 5.74) is 2.43. The Morgan fingerprint density at radius 2 is 1.80 bits per heavy atom. The highest BCUT2D eigenvalue weighted by molar-refractivity contribution is 6.04. The minimum atomic E-state index is -0.478. The van der Waals surface area contributed by atoms with Crippen molar-refractivity contribution in [1.29, 1.82) is 0 Å². The molecule has 1 aromatic heterocycles. The van der Waals surface area contributed by atoms with Crippen molar-refractivity contribution in [2.75, 3.05) is 0 Å². The fourth-order valence-electron chi connectivity index (χ4n) is 2.70. The summed E-state index contributed by atoms with van der Waals surface area (Å²) >= 11 is 0. The van der Waals surface area contributed by atoms with Crippen LogP contribution in [0.15, 0.2) is 77.2 Å². The lowest BCUT2D eigenvalue weighted by atomic mass is 10.1. The predicted molar refractivity (Wildman–Crippen MR) is 97.4 cm³/mol. The summed E-state index contributed by atoms with van der Waals surface area (Å²) in [6.07, 6.45) is 0. The van der Waals surface area contributed by atoms with Crippen LogP contribution in [-0.2, 0) is 4.79 Å². The second-order valence-electron chi connectivity index (χ2n) is 5.82. The van der Waals surface area contributed by atoms with Crippen LogP contribution >= 0.6 is 0 Å². The lowest BCUT2D eigenvalue weighted by Crippen LogP contribution is -2.08. The van der Waals surface area contributed by atoms with Crippen LogP contribution in [-0.4, -0.2) is 11.0 Å². The van der Waals surface area contributed by atoms with Gasteiger partial charge in [-0.3, -0.25) is 0 Å². The molecule has 0 aliphatic heterocycles. The van der Waals surface area contributed by atoms with Gasteiger partial charge in [-0.2, -0.15) is 0 Å². The number of carbonyl (C=O) groups excluding carboxylic acids is 1. The maximum absolute atomic E-state index is 11.9. The number of aromatic nitrogens is 1. The first kappa shape index (κ1) is 15.1. The Morgan fingerprint density at radius 3 is 2.64 bits per heavy atom.